The molecule has 118 valence electrons. The highest BCUT2D eigenvalue weighted by Crippen LogP contribution is 2.16. The third kappa shape index (κ3) is 4.06. The van der Waals surface area contributed by atoms with Crippen molar-refractivity contribution >= 4 is 5.91 Å². The van der Waals surface area contributed by atoms with Crippen LogP contribution < -0.4 is 0 Å². The van der Waals surface area contributed by atoms with Crippen molar-refractivity contribution in [2.24, 2.45) is 0 Å². The van der Waals surface area contributed by atoms with Crippen LogP contribution in [0.3, 0.4) is 0 Å². The number of amides is 1. The van der Waals surface area contributed by atoms with Crippen LogP contribution in [0.15, 0.2) is 0 Å². The van der Waals surface area contributed by atoms with Crippen LogP contribution in [-0.2, 0) is 11.2 Å². The van der Waals surface area contributed by atoms with E-state index in [0.717, 1.165) is 43.7 Å². The average Bonchev–Trinajstić information content (AvgIpc) is 2.69. The average molecular weight is 292 g/mol. The summed E-state index contributed by atoms with van der Waals surface area (Å²) in [6, 6.07) is 0.610. The van der Waals surface area contributed by atoms with Gasteiger partial charge in [-0.15, -0.1) is 0 Å². The molecule has 5 heteroatoms. The second-order valence-electron chi connectivity index (χ2n) is 6.35. The Morgan fingerprint density at radius 1 is 1.33 bits per heavy atom. The Morgan fingerprint density at radius 2 is 2.10 bits per heavy atom. The molecule has 1 aromatic rings. The molecule has 1 aliphatic rings. The standard InChI is InChI=1S/C16H28N4O/c1-12-13(2)17-18-15(12)7-8-16(21)20-10-5-6-14(9-11-20)19(3)4/h14H,5-11H2,1-4H3,(H,17,18). The lowest BCUT2D eigenvalue weighted by Crippen LogP contribution is -2.34. The van der Waals surface area contributed by atoms with Gasteiger partial charge in [0.25, 0.3) is 0 Å². The van der Waals surface area contributed by atoms with Gasteiger partial charge in [0.15, 0.2) is 0 Å². The number of H-pyrrole nitrogens is 1. The van der Waals surface area contributed by atoms with Crippen molar-refractivity contribution < 1.29 is 4.79 Å². The van der Waals surface area contributed by atoms with Crippen LogP contribution in [0.5, 0.6) is 0 Å². The zero-order chi connectivity index (χ0) is 15.4. The van der Waals surface area contributed by atoms with E-state index in [1.807, 2.05) is 11.8 Å². The maximum Gasteiger partial charge on any atom is 0.222 e. The van der Waals surface area contributed by atoms with Crippen LogP contribution in [0.4, 0.5) is 0 Å². The molecular formula is C16H28N4O. The van der Waals surface area contributed by atoms with E-state index in [9.17, 15) is 4.79 Å². The molecule has 2 rings (SSSR count). The summed E-state index contributed by atoms with van der Waals surface area (Å²) in [5, 5.41) is 7.27. The number of nitrogens with zero attached hydrogens (tertiary/aromatic N) is 3. The third-order valence-corrected chi connectivity index (χ3v) is 4.71. The molecule has 0 aromatic carbocycles. The van der Waals surface area contributed by atoms with E-state index in [4.69, 9.17) is 0 Å². The predicted octanol–water partition coefficient (Wildman–Crippen LogP) is 1.90. The van der Waals surface area contributed by atoms with Gasteiger partial charge in [0.1, 0.15) is 0 Å². The number of aromatic amines is 1. The molecule has 1 N–H and O–H groups in total. The van der Waals surface area contributed by atoms with Gasteiger partial charge in [0.2, 0.25) is 5.91 Å². The molecule has 1 saturated heterocycles. The SMILES string of the molecule is Cc1[nH]nc(CCC(=O)N2CCCC(N(C)C)CC2)c1C. The lowest BCUT2D eigenvalue weighted by Gasteiger charge is -2.23. The van der Waals surface area contributed by atoms with Crippen LogP contribution in [0, 0.1) is 13.8 Å². The van der Waals surface area contributed by atoms with Crippen LogP contribution in [0.2, 0.25) is 0 Å². The molecule has 1 unspecified atom stereocenters. The number of rotatable bonds is 4. The molecule has 1 atom stereocenters. The number of nitrogens with one attached hydrogen (secondary N) is 1. The monoisotopic (exact) mass is 292 g/mol. The maximum absolute atomic E-state index is 12.4. The zero-order valence-corrected chi connectivity index (χ0v) is 13.8. The normalized spacial score (nSPS) is 19.9. The van der Waals surface area contributed by atoms with Gasteiger partial charge in [-0.1, -0.05) is 0 Å². The van der Waals surface area contributed by atoms with Crippen molar-refractivity contribution in [3.63, 3.8) is 0 Å². The Labute approximate surface area is 127 Å². The summed E-state index contributed by atoms with van der Waals surface area (Å²) >= 11 is 0. The number of aryl methyl sites for hydroxylation is 2. The van der Waals surface area contributed by atoms with Crippen molar-refractivity contribution in [2.45, 2.75) is 52.0 Å². The van der Waals surface area contributed by atoms with E-state index in [-0.39, 0.29) is 5.91 Å². The van der Waals surface area contributed by atoms with Gasteiger partial charge in [-0.25, -0.2) is 0 Å². The van der Waals surface area contributed by atoms with Gasteiger partial charge < -0.3 is 9.80 Å². The van der Waals surface area contributed by atoms with E-state index in [0.29, 0.717) is 12.5 Å². The third-order valence-electron chi connectivity index (χ3n) is 4.71. The predicted molar refractivity (Wildman–Crippen MR) is 84.3 cm³/mol. The Hall–Kier alpha value is -1.36. The molecule has 1 amide bonds. The van der Waals surface area contributed by atoms with Crippen LogP contribution >= 0.6 is 0 Å². The molecule has 0 saturated carbocycles. The summed E-state index contributed by atoms with van der Waals surface area (Å²) in [5.74, 6) is 0.273. The fraction of sp³-hybridized carbons (Fsp3) is 0.750. The Kier molecular flexibility index (Phi) is 5.39. The quantitative estimate of drug-likeness (QED) is 0.922. The Morgan fingerprint density at radius 3 is 2.71 bits per heavy atom. The number of likely N-dealkylation sites (tertiary alicyclic amines) is 1. The minimum Gasteiger partial charge on any atom is -0.343 e. The topological polar surface area (TPSA) is 52.2 Å². The van der Waals surface area contributed by atoms with Crippen LogP contribution in [0.1, 0.15) is 42.6 Å². The molecule has 0 spiro atoms. The molecule has 0 bridgehead atoms. The van der Waals surface area contributed by atoms with Crippen LogP contribution in [0.25, 0.3) is 0 Å². The smallest absolute Gasteiger partial charge is 0.222 e. The highest BCUT2D eigenvalue weighted by atomic mass is 16.2. The van der Waals surface area contributed by atoms with Crippen molar-refractivity contribution in [2.75, 3.05) is 27.2 Å². The highest BCUT2D eigenvalue weighted by molar-refractivity contribution is 5.76. The minimum absolute atomic E-state index is 0.273. The van der Waals surface area contributed by atoms with E-state index in [2.05, 4.69) is 36.1 Å². The van der Waals surface area contributed by atoms with Gasteiger partial charge in [0.05, 0.1) is 5.69 Å². The molecule has 0 radical (unpaired) electrons. The summed E-state index contributed by atoms with van der Waals surface area (Å²) in [5.41, 5.74) is 3.31. The van der Waals surface area contributed by atoms with Crippen molar-refractivity contribution in [3.05, 3.63) is 17.0 Å². The van der Waals surface area contributed by atoms with Crippen molar-refractivity contribution in [1.82, 2.24) is 20.0 Å². The number of hydrogen-bond acceptors (Lipinski definition) is 3. The zero-order valence-electron chi connectivity index (χ0n) is 13.8. The molecule has 0 aliphatic carbocycles. The van der Waals surface area contributed by atoms with Gasteiger partial charge in [0, 0.05) is 37.7 Å². The van der Waals surface area contributed by atoms with Gasteiger partial charge >= 0.3 is 0 Å². The molecule has 2 heterocycles. The fourth-order valence-electron chi connectivity index (χ4n) is 3.01. The first kappa shape index (κ1) is 16.0. The Bertz CT molecular complexity index is 481. The largest absolute Gasteiger partial charge is 0.343 e. The number of carbonyl (C=O) groups excluding carboxylic acids is 1. The summed E-state index contributed by atoms with van der Waals surface area (Å²) in [4.78, 5) is 16.7. The molecule has 1 aliphatic heterocycles. The summed E-state index contributed by atoms with van der Waals surface area (Å²) in [7, 11) is 4.26. The first-order valence-corrected chi connectivity index (χ1v) is 7.93. The number of hydrogen-bond donors (Lipinski definition) is 1. The van der Waals surface area contributed by atoms with Crippen molar-refractivity contribution in [1.29, 1.82) is 0 Å². The minimum atomic E-state index is 0.273. The Balaban J connectivity index is 1.84. The van der Waals surface area contributed by atoms with E-state index in [1.165, 1.54) is 12.0 Å². The molecule has 1 aromatic heterocycles. The highest BCUT2D eigenvalue weighted by Gasteiger charge is 2.21. The lowest BCUT2D eigenvalue weighted by molar-refractivity contribution is -0.131. The first-order chi connectivity index (χ1) is 9.99. The molecule has 21 heavy (non-hydrogen) atoms. The molecule has 5 nitrogen and oxygen atoms in total. The summed E-state index contributed by atoms with van der Waals surface area (Å²) in [6.07, 6.45) is 4.68. The van der Waals surface area contributed by atoms with Crippen molar-refractivity contribution in [3.8, 4) is 0 Å². The molecular weight excluding hydrogens is 264 g/mol. The van der Waals surface area contributed by atoms with E-state index >= 15 is 0 Å². The lowest BCUT2D eigenvalue weighted by atomic mass is 10.1. The summed E-state index contributed by atoms with van der Waals surface area (Å²) in [6.45, 7) is 5.87. The first-order valence-electron chi connectivity index (χ1n) is 7.93. The van der Waals surface area contributed by atoms with Gasteiger partial charge in [-0.3, -0.25) is 9.89 Å². The van der Waals surface area contributed by atoms with Crippen LogP contribution in [-0.4, -0.2) is 59.1 Å². The summed E-state index contributed by atoms with van der Waals surface area (Å²) < 4.78 is 0. The van der Waals surface area contributed by atoms with Gasteiger partial charge in [-0.05, 0) is 52.8 Å². The second kappa shape index (κ2) is 7.07. The maximum atomic E-state index is 12.4. The number of carbonyl (C=O) groups is 1. The number of aromatic nitrogens is 2. The fourth-order valence-corrected chi connectivity index (χ4v) is 3.01. The molecule has 1 fully saturated rings. The second-order valence-corrected chi connectivity index (χ2v) is 6.35. The van der Waals surface area contributed by atoms with Gasteiger partial charge in [-0.2, -0.15) is 5.10 Å². The van der Waals surface area contributed by atoms with E-state index < -0.39 is 0 Å². The van der Waals surface area contributed by atoms with E-state index in [1.54, 1.807) is 0 Å².